The summed E-state index contributed by atoms with van der Waals surface area (Å²) in [6.07, 6.45) is 4.93. The first kappa shape index (κ1) is 10.2. The summed E-state index contributed by atoms with van der Waals surface area (Å²) >= 11 is 1.62. The monoisotopic (exact) mass is 196 g/mol. The molecule has 0 spiro atoms. The van der Waals surface area contributed by atoms with Gasteiger partial charge in [0.25, 0.3) is 0 Å². The molecular formula is C9H12N2OS. The minimum absolute atomic E-state index is 0.516. The quantitative estimate of drug-likeness (QED) is 0.420. The molecule has 1 aromatic heterocycles. The predicted octanol–water partition coefficient (Wildman–Crippen LogP) is 2.18. The molecule has 0 aromatic carbocycles. The highest BCUT2D eigenvalue weighted by Crippen LogP contribution is 2.20. The molecule has 1 atom stereocenters. The van der Waals surface area contributed by atoms with E-state index in [1.807, 2.05) is 0 Å². The van der Waals surface area contributed by atoms with Gasteiger partial charge in [-0.1, -0.05) is 25.6 Å². The number of rotatable bonds is 4. The van der Waals surface area contributed by atoms with E-state index in [4.69, 9.17) is 0 Å². The third-order valence-corrected chi connectivity index (χ3v) is 2.82. The fraction of sp³-hybridized carbons (Fsp3) is 0.444. The lowest BCUT2D eigenvalue weighted by Gasteiger charge is -2.05. The van der Waals surface area contributed by atoms with Crippen LogP contribution >= 0.6 is 11.8 Å². The van der Waals surface area contributed by atoms with Crippen LogP contribution in [-0.4, -0.2) is 21.5 Å². The maximum absolute atomic E-state index is 10.3. The largest absolute Gasteiger partial charge is 0.298 e. The number of nitrogens with zero attached hydrogens (tertiary/aromatic N) is 2. The third-order valence-electron chi connectivity index (χ3n) is 1.67. The van der Waals surface area contributed by atoms with Crippen molar-refractivity contribution in [1.82, 2.24) is 9.97 Å². The van der Waals surface area contributed by atoms with Crippen LogP contribution in [0.4, 0.5) is 0 Å². The number of hydrogen-bond acceptors (Lipinski definition) is 4. The van der Waals surface area contributed by atoms with Crippen molar-refractivity contribution >= 4 is 18.0 Å². The second kappa shape index (κ2) is 4.97. The van der Waals surface area contributed by atoms with Crippen LogP contribution in [-0.2, 0) is 0 Å². The number of aldehydes is 1. The van der Waals surface area contributed by atoms with E-state index in [2.05, 4.69) is 23.8 Å². The highest BCUT2D eigenvalue weighted by atomic mass is 32.2. The standard InChI is InChI=1S/C9H12N2OS/c1-3-7(2)13-9-10-4-8(6-12)5-11-9/h4-7H,3H2,1-2H3/t7-/m1/s1. The zero-order valence-electron chi connectivity index (χ0n) is 7.73. The molecule has 0 radical (unpaired) electrons. The van der Waals surface area contributed by atoms with Crippen LogP contribution in [0.1, 0.15) is 30.6 Å². The second-order valence-electron chi connectivity index (χ2n) is 2.75. The van der Waals surface area contributed by atoms with Gasteiger partial charge in [0, 0.05) is 17.6 Å². The van der Waals surface area contributed by atoms with Crippen molar-refractivity contribution in [1.29, 1.82) is 0 Å². The summed E-state index contributed by atoms with van der Waals surface area (Å²) < 4.78 is 0. The lowest BCUT2D eigenvalue weighted by atomic mass is 10.4. The minimum atomic E-state index is 0.516. The molecule has 0 saturated heterocycles. The van der Waals surface area contributed by atoms with Crippen molar-refractivity contribution < 1.29 is 4.79 Å². The van der Waals surface area contributed by atoms with Crippen molar-refractivity contribution in [3.8, 4) is 0 Å². The molecule has 13 heavy (non-hydrogen) atoms. The van der Waals surface area contributed by atoms with E-state index < -0.39 is 0 Å². The van der Waals surface area contributed by atoms with E-state index in [1.165, 1.54) is 0 Å². The van der Waals surface area contributed by atoms with Crippen LogP contribution in [0.5, 0.6) is 0 Å². The van der Waals surface area contributed by atoms with E-state index in [-0.39, 0.29) is 0 Å². The molecular weight excluding hydrogens is 184 g/mol. The Morgan fingerprint density at radius 1 is 1.54 bits per heavy atom. The van der Waals surface area contributed by atoms with E-state index >= 15 is 0 Å². The summed E-state index contributed by atoms with van der Waals surface area (Å²) in [4.78, 5) is 18.4. The second-order valence-corrected chi connectivity index (χ2v) is 4.16. The zero-order valence-corrected chi connectivity index (χ0v) is 8.54. The molecule has 0 aliphatic heterocycles. The van der Waals surface area contributed by atoms with Crippen LogP contribution < -0.4 is 0 Å². The molecule has 0 bridgehead atoms. The Labute approximate surface area is 82.0 Å². The highest BCUT2D eigenvalue weighted by molar-refractivity contribution is 7.99. The Kier molecular flexibility index (Phi) is 3.89. The van der Waals surface area contributed by atoms with Gasteiger partial charge in [0.05, 0.1) is 5.56 Å². The van der Waals surface area contributed by atoms with Gasteiger partial charge in [-0.3, -0.25) is 4.79 Å². The molecule has 0 saturated carbocycles. The van der Waals surface area contributed by atoms with E-state index in [9.17, 15) is 4.79 Å². The summed E-state index contributed by atoms with van der Waals surface area (Å²) in [5.74, 6) is 0. The van der Waals surface area contributed by atoms with Crippen LogP contribution in [0.3, 0.4) is 0 Å². The first-order chi connectivity index (χ1) is 6.26. The van der Waals surface area contributed by atoms with Crippen molar-refractivity contribution in [2.45, 2.75) is 30.7 Å². The first-order valence-corrected chi connectivity index (χ1v) is 5.08. The van der Waals surface area contributed by atoms with Crippen molar-refractivity contribution in [3.05, 3.63) is 18.0 Å². The molecule has 0 unspecified atom stereocenters. The smallest absolute Gasteiger partial charge is 0.187 e. The molecule has 0 fully saturated rings. The molecule has 0 N–H and O–H groups in total. The fourth-order valence-electron chi connectivity index (χ4n) is 0.711. The Morgan fingerprint density at radius 2 is 2.15 bits per heavy atom. The zero-order chi connectivity index (χ0) is 9.68. The van der Waals surface area contributed by atoms with E-state index in [0.717, 1.165) is 17.9 Å². The van der Waals surface area contributed by atoms with E-state index in [1.54, 1.807) is 24.2 Å². The number of carbonyl (C=O) groups excluding carboxylic acids is 1. The molecule has 0 aliphatic rings. The summed E-state index contributed by atoms with van der Waals surface area (Å²) in [5.41, 5.74) is 0.522. The SMILES string of the molecule is CC[C@@H](C)Sc1ncc(C=O)cn1. The van der Waals surface area contributed by atoms with Gasteiger partial charge in [0.1, 0.15) is 0 Å². The topological polar surface area (TPSA) is 42.9 Å². The first-order valence-electron chi connectivity index (χ1n) is 4.20. The molecule has 4 heteroatoms. The summed E-state index contributed by atoms with van der Waals surface area (Å²) in [5, 5.41) is 1.25. The van der Waals surface area contributed by atoms with Crippen molar-refractivity contribution in [2.24, 2.45) is 0 Å². The Hall–Kier alpha value is -0.900. The van der Waals surface area contributed by atoms with Crippen LogP contribution in [0.15, 0.2) is 17.6 Å². The summed E-state index contributed by atoms with van der Waals surface area (Å²) in [6.45, 7) is 4.25. The van der Waals surface area contributed by atoms with Gasteiger partial charge in [-0.25, -0.2) is 9.97 Å². The van der Waals surface area contributed by atoms with Crippen LogP contribution in [0.2, 0.25) is 0 Å². The van der Waals surface area contributed by atoms with Gasteiger partial charge in [0.15, 0.2) is 11.4 Å². The van der Waals surface area contributed by atoms with Gasteiger partial charge < -0.3 is 0 Å². The lowest BCUT2D eigenvalue weighted by molar-refractivity contribution is 0.112. The summed E-state index contributed by atoms with van der Waals surface area (Å²) in [7, 11) is 0. The normalized spacial score (nSPS) is 12.5. The molecule has 3 nitrogen and oxygen atoms in total. The lowest BCUT2D eigenvalue weighted by Crippen LogP contribution is -1.96. The molecule has 1 rings (SSSR count). The van der Waals surface area contributed by atoms with Crippen molar-refractivity contribution in [2.75, 3.05) is 0 Å². The summed E-state index contributed by atoms with van der Waals surface area (Å²) in [6, 6.07) is 0. The number of carbonyl (C=O) groups is 1. The Bertz CT molecular complexity index is 273. The molecule has 1 aromatic rings. The van der Waals surface area contributed by atoms with Gasteiger partial charge in [0.2, 0.25) is 0 Å². The van der Waals surface area contributed by atoms with Crippen molar-refractivity contribution in [3.63, 3.8) is 0 Å². The van der Waals surface area contributed by atoms with Gasteiger partial charge in [-0.05, 0) is 6.42 Å². The Morgan fingerprint density at radius 3 is 2.62 bits per heavy atom. The van der Waals surface area contributed by atoms with Gasteiger partial charge in [-0.15, -0.1) is 0 Å². The number of hydrogen-bond donors (Lipinski definition) is 0. The van der Waals surface area contributed by atoms with Crippen LogP contribution in [0.25, 0.3) is 0 Å². The van der Waals surface area contributed by atoms with E-state index in [0.29, 0.717) is 10.8 Å². The Balaban J connectivity index is 2.63. The molecule has 70 valence electrons. The maximum Gasteiger partial charge on any atom is 0.187 e. The van der Waals surface area contributed by atoms with Crippen LogP contribution in [0, 0.1) is 0 Å². The number of thioether (sulfide) groups is 1. The molecule has 1 heterocycles. The highest BCUT2D eigenvalue weighted by Gasteiger charge is 2.03. The number of aromatic nitrogens is 2. The van der Waals surface area contributed by atoms with Gasteiger partial charge >= 0.3 is 0 Å². The predicted molar refractivity (Wildman–Crippen MR) is 53.0 cm³/mol. The average Bonchev–Trinajstić information content (AvgIpc) is 2.19. The minimum Gasteiger partial charge on any atom is -0.298 e. The fourth-order valence-corrected chi connectivity index (χ4v) is 1.46. The maximum atomic E-state index is 10.3. The molecule has 0 aliphatic carbocycles. The third kappa shape index (κ3) is 3.14. The average molecular weight is 196 g/mol. The molecule has 0 amide bonds. The van der Waals surface area contributed by atoms with Gasteiger partial charge in [-0.2, -0.15) is 0 Å².